The molecule has 3 N–H and O–H groups in total. The van der Waals surface area contributed by atoms with Crippen LogP contribution in [-0.2, 0) is 14.3 Å². The number of aliphatic hydroxyl groups excluding tert-OH is 2. The van der Waals surface area contributed by atoms with Crippen LogP contribution in [0.4, 0.5) is 0 Å². The molecule has 6 nitrogen and oxygen atoms in total. The van der Waals surface area contributed by atoms with E-state index in [9.17, 15) is 19.8 Å². The second kappa shape index (κ2) is 59.9. The van der Waals surface area contributed by atoms with E-state index in [1.807, 2.05) is 6.08 Å². The van der Waals surface area contributed by atoms with E-state index in [0.717, 1.165) is 44.9 Å². The summed E-state index contributed by atoms with van der Waals surface area (Å²) < 4.78 is 5.47. The normalized spacial score (nSPS) is 12.7. The van der Waals surface area contributed by atoms with Gasteiger partial charge in [0.2, 0.25) is 5.91 Å². The van der Waals surface area contributed by atoms with Gasteiger partial charge >= 0.3 is 5.97 Å². The molecule has 70 heavy (non-hydrogen) atoms. The highest BCUT2D eigenvalue weighted by Gasteiger charge is 2.18. The van der Waals surface area contributed by atoms with E-state index in [2.05, 4.69) is 31.3 Å². The molecule has 0 aromatic heterocycles. The first kappa shape index (κ1) is 68.3. The van der Waals surface area contributed by atoms with E-state index in [4.69, 9.17) is 4.74 Å². The molecule has 0 aromatic carbocycles. The van der Waals surface area contributed by atoms with Crippen LogP contribution in [0.2, 0.25) is 0 Å². The maximum atomic E-state index is 12.5. The summed E-state index contributed by atoms with van der Waals surface area (Å²) >= 11 is 0. The summed E-state index contributed by atoms with van der Waals surface area (Å²) in [5, 5.41) is 23.2. The molecule has 0 heterocycles. The van der Waals surface area contributed by atoms with Gasteiger partial charge in [-0.3, -0.25) is 9.59 Å². The van der Waals surface area contributed by atoms with E-state index in [0.29, 0.717) is 19.4 Å². The largest absolute Gasteiger partial charge is 0.466 e. The summed E-state index contributed by atoms with van der Waals surface area (Å²) in [6.07, 6.45) is 73.6. The second-order valence-electron chi connectivity index (χ2n) is 21.7. The van der Waals surface area contributed by atoms with Crippen molar-refractivity contribution >= 4 is 11.9 Å². The lowest BCUT2D eigenvalue weighted by Gasteiger charge is -2.20. The van der Waals surface area contributed by atoms with Crippen molar-refractivity contribution in [3.63, 3.8) is 0 Å². The molecule has 0 saturated heterocycles. The number of carbonyl (C=O) groups is 2. The molecule has 0 fully saturated rings. The monoisotopic (exact) mass is 986 g/mol. The summed E-state index contributed by atoms with van der Waals surface area (Å²) in [5.41, 5.74) is 0. The Kier molecular flexibility index (Phi) is 58.5. The average Bonchev–Trinajstić information content (AvgIpc) is 3.36. The van der Waals surface area contributed by atoms with Crippen LogP contribution in [0.15, 0.2) is 24.3 Å². The lowest BCUT2D eigenvalue weighted by atomic mass is 10.0. The second-order valence-corrected chi connectivity index (χ2v) is 21.7. The molecule has 0 aliphatic rings. The summed E-state index contributed by atoms with van der Waals surface area (Å²) in [6.45, 7) is 4.90. The number of unbranched alkanes of at least 4 members (excludes halogenated alkanes) is 46. The molecule has 414 valence electrons. The van der Waals surface area contributed by atoms with Crippen LogP contribution in [0.3, 0.4) is 0 Å². The lowest BCUT2D eigenvalue weighted by molar-refractivity contribution is -0.143. The molecule has 0 rings (SSSR count). The number of carbonyl (C=O) groups excluding carboxylic acids is 2. The molecule has 0 aliphatic heterocycles. The van der Waals surface area contributed by atoms with Gasteiger partial charge in [0, 0.05) is 12.8 Å². The Balaban J connectivity index is 3.42. The topological polar surface area (TPSA) is 95.9 Å². The van der Waals surface area contributed by atoms with Crippen LogP contribution in [0.25, 0.3) is 0 Å². The van der Waals surface area contributed by atoms with E-state index < -0.39 is 12.1 Å². The van der Waals surface area contributed by atoms with Crippen molar-refractivity contribution in [2.75, 3.05) is 13.2 Å². The quantitative estimate of drug-likeness (QED) is 0.0321. The molecule has 0 saturated carbocycles. The first-order valence-electron chi connectivity index (χ1n) is 31.6. The lowest BCUT2D eigenvalue weighted by Crippen LogP contribution is -2.45. The molecular formula is C64H123NO5. The fourth-order valence-electron chi connectivity index (χ4n) is 9.87. The van der Waals surface area contributed by atoms with Crippen molar-refractivity contribution in [2.45, 2.75) is 360 Å². The smallest absolute Gasteiger partial charge is 0.305 e. The van der Waals surface area contributed by atoms with Crippen LogP contribution in [-0.4, -0.2) is 47.4 Å². The molecule has 2 atom stereocenters. The maximum absolute atomic E-state index is 12.5. The van der Waals surface area contributed by atoms with Gasteiger partial charge in [-0.05, 0) is 57.8 Å². The molecule has 0 aliphatic carbocycles. The summed E-state index contributed by atoms with van der Waals surface area (Å²) in [7, 11) is 0. The Morgan fingerprint density at radius 2 is 0.671 bits per heavy atom. The van der Waals surface area contributed by atoms with Gasteiger partial charge in [0.15, 0.2) is 0 Å². The minimum atomic E-state index is -0.846. The molecule has 6 heteroatoms. The minimum absolute atomic E-state index is 0.00171. The molecule has 0 bridgehead atoms. The highest BCUT2D eigenvalue weighted by molar-refractivity contribution is 5.76. The molecule has 0 radical (unpaired) electrons. The Hall–Kier alpha value is -1.66. The predicted octanol–water partition coefficient (Wildman–Crippen LogP) is 19.8. The van der Waals surface area contributed by atoms with Crippen LogP contribution in [0, 0.1) is 0 Å². The molecule has 0 aromatic rings. The minimum Gasteiger partial charge on any atom is -0.466 e. The Labute approximate surface area is 437 Å². The summed E-state index contributed by atoms with van der Waals surface area (Å²) in [4.78, 5) is 24.5. The van der Waals surface area contributed by atoms with Crippen molar-refractivity contribution < 1.29 is 24.5 Å². The van der Waals surface area contributed by atoms with Gasteiger partial charge in [0.25, 0.3) is 0 Å². The van der Waals surface area contributed by atoms with Crippen LogP contribution < -0.4 is 5.32 Å². The number of amides is 1. The van der Waals surface area contributed by atoms with Gasteiger partial charge in [-0.2, -0.15) is 0 Å². The predicted molar refractivity (Wildman–Crippen MR) is 306 cm³/mol. The number of hydrogen-bond donors (Lipinski definition) is 3. The summed E-state index contributed by atoms with van der Waals surface area (Å²) in [5.74, 6) is -0.0642. The van der Waals surface area contributed by atoms with Crippen molar-refractivity contribution in [1.82, 2.24) is 5.32 Å². The first-order valence-corrected chi connectivity index (χ1v) is 31.6. The number of rotatable bonds is 59. The fraction of sp³-hybridized carbons (Fsp3) is 0.906. The number of allylic oxidation sites excluding steroid dienone is 3. The van der Waals surface area contributed by atoms with Crippen molar-refractivity contribution in [1.29, 1.82) is 0 Å². The maximum Gasteiger partial charge on any atom is 0.305 e. The zero-order valence-electron chi connectivity index (χ0n) is 47.3. The SMILES string of the molecule is CCCCC/C=C\CCCCCCCC(=O)OCCCCCCCCCCCCCCCCCCCCCCCC(=O)NC(CO)C(O)/C=C/CCCCCCCCCCCCCCCCCCCC. The van der Waals surface area contributed by atoms with Gasteiger partial charge in [0.1, 0.15) is 0 Å². The molecule has 1 amide bonds. The third kappa shape index (κ3) is 55.7. The van der Waals surface area contributed by atoms with Crippen molar-refractivity contribution in [3.05, 3.63) is 24.3 Å². The van der Waals surface area contributed by atoms with Crippen molar-refractivity contribution in [2.24, 2.45) is 0 Å². The zero-order chi connectivity index (χ0) is 50.7. The third-order valence-electron chi connectivity index (χ3n) is 14.7. The van der Waals surface area contributed by atoms with Crippen LogP contribution in [0.1, 0.15) is 348 Å². The van der Waals surface area contributed by atoms with Gasteiger partial charge in [0.05, 0.1) is 25.4 Å². The zero-order valence-corrected chi connectivity index (χ0v) is 47.3. The highest BCUT2D eigenvalue weighted by Crippen LogP contribution is 2.18. The number of esters is 1. The van der Waals surface area contributed by atoms with E-state index in [1.165, 1.54) is 276 Å². The standard InChI is InChI=1S/C64H123NO5/c1-3-5-7-9-11-13-15-17-18-19-20-24-27-30-33-36-40-44-48-52-56-62(67)61(60-66)65-63(68)57-53-49-45-41-37-34-31-28-25-22-21-23-26-29-32-35-39-43-47-51-55-59-70-64(69)58-54-50-46-42-38-16-14-12-10-8-6-4-2/h12,14,52,56,61-62,66-67H,3-11,13,15-51,53-55,57-60H2,1-2H3,(H,65,68)/b14-12-,56-52+. The Bertz CT molecular complexity index is 1090. The van der Waals surface area contributed by atoms with E-state index >= 15 is 0 Å². The van der Waals surface area contributed by atoms with E-state index in [1.54, 1.807) is 6.08 Å². The molecule has 2 unspecified atom stereocenters. The molecule has 0 spiro atoms. The van der Waals surface area contributed by atoms with Gasteiger partial charge in [-0.1, -0.05) is 301 Å². The van der Waals surface area contributed by atoms with Gasteiger partial charge in [-0.25, -0.2) is 0 Å². The Morgan fingerprint density at radius 3 is 1.04 bits per heavy atom. The highest BCUT2D eigenvalue weighted by atomic mass is 16.5. The first-order chi connectivity index (χ1) is 34.5. The fourth-order valence-corrected chi connectivity index (χ4v) is 9.87. The third-order valence-corrected chi connectivity index (χ3v) is 14.7. The number of hydrogen-bond acceptors (Lipinski definition) is 5. The Morgan fingerprint density at radius 1 is 0.386 bits per heavy atom. The number of ether oxygens (including phenoxy) is 1. The van der Waals surface area contributed by atoms with Crippen LogP contribution >= 0.6 is 0 Å². The van der Waals surface area contributed by atoms with Crippen molar-refractivity contribution in [3.8, 4) is 0 Å². The van der Waals surface area contributed by atoms with Gasteiger partial charge < -0.3 is 20.3 Å². The number of nitrogens with one attached hydrogen (secondary N) is 1. The number of aliphatic hydroxyl groups is 2. The van der Waals surface area contributed by atoms with E-state index in [-0.39, 0.29) is 18.5 Å². The van der Waals surface area contributed by atoms with Gasteiger partial charge in [-0.15, -0.1) is 0 Å². The summed E-state index contributed by atoms with van der Waals surface area (Å²) in [6, 6.07) is -0.629. The average molecular weight is 987 g/mol. The molecular weight excluding hydrogens is 863 g/mol. The van der Waals surface area contributed by atoms with Crippen LogP contribution in [0.5, 0.6) is 0 Å².